The van der Waals surface area contributed by atoms with E-state index in [0.717, 1.165) is 11.4 Å². The van der Waals surface area contributed by atoms with Gasteiger partial charge in [0.25, 0.3) is 0 Å². The average Bonchev–Trinajstić information content (AvgIpc) is 2.73. The van der Waals surface area contributed by atoms with Crippen molar-refractivity contribution in [1.82, 2.24) is 9.55 Å². The molecule has 0 aliphatic heterocycles. The summed E-state index contributed by atoms with van der Waals surface area (Å²) in [6, 6.07) is 7.70. The first kappa shape index (κ1) is 10.4. The fourth-order valence-electron chi connectivity index (χ4n) is 1.25. The highest BCUT2D eigenvalue weighted by molar-refractivity contribution is 5.50. The van der Waals surface area contributed by atoms with Crippen LogP contribution in [0.2, 0.25) is 0 Å². The number of azo groups is 1. The van der Waals surface area contributed by atoms with E-state index in [-0.39, 0.29) is 0 Å². The molecule has 5 nitrogen and oxygen atoms in total. The van der Waals surface area contributed by atoms with Crippen molar-refractivity contribution in [2.45, 2.75) is 0 Å². The quantitative estimate of drug-likeness (QED) is 0.800. The van der Waals surface area contributed by atoms with Crippen LogP contribution in [0.15, 0.2) is 46.9 Å². The van der Waals surface area contributed by atoms with Crippen LogP contribution in [0.25, 0.3) is 0 Å². The van der Waals surface area contributed by atoms with Crippen molar-refractivity contribution in [1.29, 1.82) is 0 Å². The number of aryl methyl sites for hydroxylation is 1. The van der Waals surface area contributed by atoms with Crippen LogP contribution in [0.4, 0.5) is 17.3 Å². The maximum absolute atomic E-state index is 4.10. The van der Waals surface area contributed by atoms with Gasteiger partial charge in [-0.3, -0.25) is 0 Å². The van der Waals surface area contributed by atoms with Crippen molar-refractivity contribution < 1.29 is 0 Å². The predicted octanol–water partition coefficient (Wildman–Crippen LogP) is 2.88. The Balaban J connectivity index is 2.14. The van der Waals surface area contributed by atoms with E-state index in [1.54, 1.807) is 6.20 Å². The second kappa shape index (κ2) is 4.57. The van der Waals surface area contributed by atoms with E-state index in [9.17, 15) is 0 Å². The summed E-state index contributed by atoms with van der Waals surface area (Å²) in [5.41, 5.74) is 1.86. The van der Waals surface area contributed by atoms with Gasteiger partial charge in [0, 0.05) is 32.2 Å². The molecule has 0 spiro atoms. The van der Waals surface area contributed by atoms with E-state index < -0.39 is 0 Å². The van der Waals surface area contributed by atoms with Gasteiger partial charge in [-0.05, 0) is 24.3 Å². The van der Waals surface area contributed by atoms with E-state index in [4.69, 9.17) is 0 Å². The summed E-state index contributed by atoms with van der Waals surface area (Å²) < 4.78 is 1.81. The molecular formula is C11H13N5. The predicted molar refractivity (Wildman–Crippen MR) is 63.4 cm³/mol. The van der Waals surface area contributed by atoms with Crippen LogP contribution in [-0.4, -0.2) is 16.6 Å². The number of benzene rings is 1. The standard InChI is InChI=1S/C11H13N5/c1-12-9-3-5-10(6-4-9)14-15-11-13-7-8-16(11)2/h3-8,12H,1-2H3/b15-14+. The molecule has 1 heterocycles. The molecule has 1 aromatic carbocycles. The number of hydrogen-bond donors (Lipinski definition) is 1. The lowest BCUT2D eigenvalue weighted by Crippen LogP contribution is -1.85. The molecule has 2 aromatic rings. The molecule has 0 saturated carbocycles. The molecule has 0 bridgehead atoms. The van der Waals surface area contributed by atoms with Gasteiger partial charge in [-0.1, -0.05) is 0 Å². The summed E-state index contributed by atoms with van der Waals surface area (Å²) >= 11 is 0. The lowest BCUT2D eigenvalue weighted by atomic mass is 10.3. The van der Waals surface area contributed by atoms with Gasteiger partial charge in [0.1, 0.15) is 0 Å². The zero-order valence-electron chi connectivity index (χ0n) is 9.25. The molecule has 0 amide bonds. The number of aromatic nitrogens is 2. The lowest BCUT2D eigenvalue weighted by molar-refractivity contribution is 0.893. The number of nitrogens with zero attached hydrogens (tertiary/aromatic N) is 4. The number of imidazole rings is 1. The third kappa shape index (κ3) is 2.25. The number of anilines is 1. The van der Waals surface area contributed by atoms with Gasteiger partial charge in [-0.15, -0.1) is 10.2 Å². The van der Waals surface area contributed by atoms with Gasteiger partial charge in [0.2, 0.25) is 5.95 Å². The van der Waals surface area contributed by atoms with Crippen molar-refractivity contribution in [3.05, 3.63) is 36.7 Å². The molecule has 0 saturated heterocycles. The SMILES string of the molecule is CNc1ccc(/N=N/c2nccn2C)cc1. The Hall–Kier alpha value is -2.17. The number of rotatable bonds is 3. The minimum Gasteiger partial charge on any atom is -0.388 e. The van der Waals surface area contributed by atoms with Crippen molar-refractivity contribution in [3.8, 4) is 0 Å². The number of hydrogen-bond acceptors (Lipinski definition) is 4. The van der Waals surface area contributed by atoms with Crippen LogP contribution in [0, 0.1) is 0 Å². The van der Waals surface area contributed by atoms with E-state index in [2.05, 4.69) is 20.5 Å². The van der Waals surface area contributed by atoms with Gasteiger partial charge in [-0.2, -0.15) is 0 Å². The summed E-state index contributed by atoms with van der Waals surface area (Å²) in [7, 11) is 3.76. The van der Waals surface area contributed by atoms with Gasteiger partial charge in [-0.25, -0.2) is 4.98 Å². The summed E-state index contributed by atoms with van der Waals surface area (Å²) in [5.74, 6) is 0.595. The number of nitrogens with one attached hydrogen (secondary N) is 1. The summed E-state index contributed by atoms with van der Waals surface area (Å²) in [4.78, 5) is 4.05. The summed E-state index contributed by atoms with van der Waals surface area (Å²) in [5, 5.41) is 11.2. The molecule has 0 aliphatic carbocycles. The minimum absolute atomic E-state index is 0.595. The first-order valence-electron chi connectivity index (χ1n) is 4.96. The Morgan fingerprint density at radius 1 is 1.19 bits per heavy atom. The second-order valence-electron chi connectivity index (χ2n) is 3.34. The second-order valence-corrected chi connectivity index (χ2v) is 3.34. The largest absolute Gasteiger partial charge is 0.388 e. The van der Waals surface area contributed by atoms with Crippen LogP contribution in [0.3, 0.4) is 0 Å². The molecule has 0 radical (unpaired) electrons. The Morgan fingerprint density at radius 3 is 2.50 bits per heavy atom. The molecule has 1 N–H and O–H groups in total. The van der Waals surface area contributed by atoms with Crippen LogP contribution in [0.1, 0.15) is 0 Å². The highest BCUT2D eigenvalue weighted by atomic mass is 15.2. The van der Waals surface area contributed by atoms with E-state index >= 15 is 0 Å². The van der Waals surface area contributed by atoms with Gasteiger partial charge < -0.3 is 9.88 Å². The van der Waals surface area contributed by atoms with E-state index in [1.807, 2.05) is 49.1 Å². The van der Waals surface area contributed by atoms with Gasteiger partial charge in [0.05, 0.1) is 5.69 Å². The maximum atomic E-state index is 4.10. The molecule has 0 fully saturated rings. The van der Waals surface area contributed by atoms with Crippen molar-refractivity contribution in [2.24, 2.45) is 17.3 Å². The summed E-state index contributed by atoms with van der Waals surface area (Å²) in [6.45, 7) is 0. The summed E-state index contributed by atoms with van der Waals surface area (Å²) in [6.07, 6.45) is 3.52. The molecule has 1 aromatic heterocycles. The third-order valence-electron chi connectivity index (χ3n) is 2.21. The Labute approximate surface area is 93.9 Å². The Kier molecular flexibility index (Phi) is 2.95. The van der Waals surface area contributed by atoms with Gasteiger partial charge >= 0.3 is 0 Å². The van der Waals surface area contributed by atoms with Crippen LogP contribution in [-0.2, 0) is 7.05 Å². The smallest absolute Gasteiger partial charge is 0.249 e. The van der Waals surface area contributed by atoms with E-state index in [1.165, 1.54) is 0 Å². The molecule has 2 rings (SSSR count). The van der Waals surface area contributed by atoms with Crippen LogP contribution >= 0.6 is 0 Å². The molecule has 82 valence electrons. The van der Waals surface area contributed by atoms with Gasteiger partial charge in [0.15, 0.2) is 0 Å². The highest BCUT2D eigenvalue weighted by Gasteiger charge is 1.95. The minimum atomic E-state index is 0.595. The topological polar surface area (TPSA) is 54.6 Å². The maximum Gasteiger partial charge on any atom is 0.249 e. The lowest BCUT2D eigenvalue weighted by Gasteiger charge is -1.98. The van der Waals surface area contributed by atoms with E-state index in [0.29, 0.717) is 5.95 Å². The zero-order chi connectivity index (χ0) is 11.4. The normalized spacial score (nSPS) is 10.9. The first-order chi connectivity index (χ1) is 7.79. The zero-order valence-corrected chi connectivity index (χ0v) is 9.25. The Bertz CT molecular complexity index is 483. The molecule has 0 aliphatic rings. The third-order valence-corrected chi connectivity index (χ3v) is 2.21. The van der Waals surface area contributed by atoms with Crippen molar-refractivity contribution in [3.63, 3.8) is 0 Å². The highest BCUT2D eigenvalue weighted by Crippen LogP contribution is 2.18. The molecule has 0 unspecified atom stereocenters. The molecular weight excluding hydrogens is 202 g/mol. The molecule has 0 atom stereocenters. The molecule has 5 heteroatoms. The fourth-order valence-corrected chi connectivity index (χ4v) is 1.25. The van der Waals surface area contributed by atoms with Crippen molar-refractivity contribution in [2.75, 3.05) is 12.4 Å². The fraction of sp³-hybridized carbons (Fsp3) is 0.182. The Morgan fingerprint density at radius 2 is 1.94 bits per heavy atom. The van der Waals surface area contributed by atoms with Crippen LogP contribution in [0.5, 0.6) is 0 Å². The van der Waals surface area contributed by atoms with Crippen molar-refractivity contribution >= 4 is 17.3 Å². The average molecular weight is 215 g/mol. The first-order valence-corrected chi connectivity index (χ1v) is 4.96. The van der Waals surface area contributed by atoms with Crippen LogP contribution < -0.4 is 5.32 Å². The monoisotopic (exact) mass is 215 g/mol. The molecule has 16 heavy (non-hydrogen) atoms.